The lowest BCUT2D eigenvalue weighted by Crippen LogP contribution is -2.04. The third-order valence-corrected chi connectivity index (χ3v) is 3.53. The summed E-state index contributed by atoms with van der Waals surface area (Å²) >= 11 is 0. The normalized spacial score (nSPS) is 11.7. The second kappa shape index (κ2) is 6.01. The van der Waals surface area contributed by atoms with Crippen molar-refractivity contribution in [1.82, 2.24) is 4.98 Å². The van der Waals surface area contributed by atoms with Crippen molar-refractivity contribution in [1.29, 1.82) is 0 Å². The van der Waals surface area contributed by atoms with Gasteiger partial charge in [0, 0.05) is 18.0 Å². The summed E-state index contributed by atoms with van der Waals surface area (Å²) in [6.45, 7) is 0.281. The highest BCUT2D eigenvalue weighted by molar-refractivity contribution is 5.88. The van der Waals surface area contributed by atoms with Crippen molar-refractivity contribution in [2.24, 2.45) is 5.73 Å². The van der Waals surface area contributed by atoms with Crippen LogP contribution in [0.25, 0.3) is 10.9 Å². The van der Waals surface area contributed by atoms with E-state index < -0.39 is 11.7 Å². The van der Waals surface area contributed by atoms with Gasteiger partial charge >= 0.3 is 6.18 Å². The lowest BCUT2D eigenvalue weighted by Gasteiger charge is -2.12. The summed E-state index contributed by atoms with van der Waals surface area (Å²) in [6, 6.07) is 10.8. The molecule has 0 unspecified atom stereocenters. The summed E-state index contributed by atoms with van der Waals surface area (Å²) in [7, 11) is 0. The first-order chi connectivity index (χ1) is 11.4. The van der Waals surface area contributed by atoms with Gasteiger partial charge in [0.15, 0.2) is 5.75 Å². The number of nitrogens with two attached hydrogens (primary N) is 1. The van der Waals surface area contributed by atoms with Crippen LogP contribution in [0.5, 0.6) is 17.4 Å². The van der Waals surface area contributed by atoms with Gasteiger partial charge in [-0.05, 0) is 42.0 Å². The molecule has 124 valence electrons. The molecule has 0 amide bonds. The number of hydrogen-bond acceptors (Lipinski definition) is 4. The van der Waals surface area contributed by atoms with Gasteiger partial charge in [-0.15, -0.1) is 0 Å². The quantitative estimate of drug-likeness (QED) is 0.753. The van der Waals surface area contributed by atoms with E-state index in [9.17, 15) is 18.3 Å². The molecule has 0 radical (unpaired) electrons. The fourth-order valence-electron chi connectivity index (χ4n) is 2.34. The maximum Gasteiger partial charge on any atom is 0.416 e. The van der Waals surface area contributed by atoms with E-state index in [1.165, 1.54) is 18.2 Å². The van der Waals surface area contributed by atoms with Crippen molar-refractivity contribution in [3.8, 4) is 17.4 Å². The van der Waals surface area contributed by atoms with Crippen LogP contribution in [0.2, 0.25) is 0 Å². The SMILES string of the molecule is NCc1ccc(Oc2ccc(C(F)(F)F)cc2)c2nc(O)ccc12. The van der Waals surface area contributed by atoms with Crippen LogP contribution in [0.4, 0.5) is 13.2 Å². The lowest BCUT2D eigenvalue weighted by molar-refractivity contribution is -0.137. The molecule has 0 aliphatic heterocycles. The molecule has 0 saturated carbocycles. The van der Waals surface area contributed by atoms with Crippen molar-refractivity contribution >= 4 is 10.9 Å². The highest BCUT2D eigenvalue weighted by Gasteiger charge is 2.30. The molecule has 0 aliphatic carbocycles. The molecule has 0 fully saturated rings. The minimum Gasteiger partial charge on any atom is -0.493 e. The maximum absolute atomic E-state index is 12.6. The fourth-order valence-corrected chi connectivity index (χ4v) is 2.34. The zero-order valence-electron chi connectivity index (χ0n) is 12.3. The molecule has 3 aromatic rings. The van der Waals surface area contributed by atoms with Crippen LogP contribution in [0.3, 0.4) is 0 Å². The number of nitrogens with zero attached hydrogens (tertiary/aromatic N) is 1. The smallest absolute Gasteiger partial charge is 0.416 e. The largest absolute Gasteiger partial charge is 0.493 e. The van der Waals surface area contributed by atoms with Crippen molar-refractivity contribution in [3.05, 3.63) is 59.7 Å². The van der Waals surface area contributed by atoms with E-state index in [4.69, 9.17) is 10.5 Å². The Kier molecular flexibility index (Phi) is 4.02. The Morgan fingerprint density at radius 2 is 1.71 bits per heavy atom. The predicted molar refractivity (Wildman–Crippen MR) is 82.8 cm³/mol. The van der Waals surface area contributed by atoms with Crippen LogP contribution in [0, 0.1) is 0 Å². The standard InChI is InChI=1S/C17H13F3N2O2/c18-17(19,20)11-2-4-12(5-3-11)24-14-7-1-10(9-21)13-6-8-15(23)22-16(13)14/h1-8H,9,21H2,(H,22,23). The van der Waals surface area contributed by atoms with Gasteiger partial charge in [-0.3, -0.25) is 0 Å². The third kappa shape index (κ3) is 3.11. The van der Waals surface area contributed by atoms with Crippen LogP contribution in [0.15, 0.2) is 48.5 Å². The van der Waals surface area contributed by atoms with Gasteiger partial charge < -0.3 is 15.6 Å². The van der Waals surface area contributed by atoms with Crippen LogP contribution in [-0.2, 0) is 12.7 Å². The summed E-state index contributed by atoms with van der Waals surface area (Å²) in [5.74, 6) is 0.363. The molecule has 24 heavy (non-hydrogen) atoms. The number of rotatable bonds is 3. The van der Waals surface area contributed by atoms with E-state index >= 15 is 0 Å². The number of halogens is 3. The summed E-state index contributed by atoms with van der Waals surface area (Å²) in [5, 5.41) is 10.3. The average molecular weight is 334 g/mol. The first kappa shape index (κ1) is 16.1. The molecule has 2 aromatic carbocycles. The van der Waals surface area contributed by atoms with Crippen LogP contribution in [0.1, 0.15) is 11.1 Å². The molecule has 4 nitrogen and oxygen atoms in total. The Balaban J connectivity index is 2.00. The molecule has 0 atom stereocenters. The molecule has 7 heteroatoms. The minimum absolute atomic E-state index is 0.186. The molecule has 0 spiro atoms. The number of aromatic hydroxyl groups is 1. The number of pyridine rings is 1. The Bertz CT molecular complexity index is 877. The molecule has 0 saturated heterocycles. The van der Waals surface area contributed by atoms with Gasteiger partial charge in [-0.25, -0.2) is 4.98 Å². The number of fused-ring (bicyclic) bond motifs is 1. The number of aromatic nitrogens is 1. The Hall–Kier alpha value is -2.80. The molecule has 3 rings (SSSR count). The Morgan fingerprint density at radius 3 is 2.33 bits per heavy atom. The second-order valence-electron chi connectivity index (χ2n) is 5.12. The van der Waals surface area contributed by atoms with E-state index in [-0.39, 0.29) is 18.2 Å². The highest BCUT2D eigenvalue weighted by Crippen LogP contribution is 2.34. The van der Waals surface area contributed by atoms with Gasteiger partial charge in [-0.1, -0.05) is 6.07 Å². The summed E-state index contributed by atoms with van der Waals surface area (Å²) in [4.78, 5) is 4.03. The Labute approximate surface area is 135 Å². The first-order valence-electron chi connectivity index (χ1n) is 7.05. The number of alkyl halides is 3. The van der Waals surface area contributed by atoms with Crippen molar-refractivity contribution < 1.29 is 23.0 Å². The van der Waals surface area contributed by atoms with Gasteiger partial charge in [0.1, 0.15) is 11.3 Å². The highest BCUT2D eigenvalue weighted by atomic mass is 19.4. The van der Waals surface area contributed by atoms with Gasteiger partial charge in [0.2, 0.25) is 5.88 Å². The monoisotopic (exact) mass is 334 g/mol. The van der Waals surface area contributed by atoms with Gasteiger partial charge in [0.25, 0.3) is 0 Å². The third-order valence-electron chi connectivity index (χ3n) is 3.53. The summed E-state index contributed by atoms with van der Waals surface area (Å²) in [5.41, 5.74) is 6.12. The number of benzene rings is 2. The first-order valence-corrected chi connectivity index (χ1v) is 7.05. The van der Waals surface area contributed by atoms with Crippen LogP contribution >= 0.6 is 0 Å². The van der Waals surface area contributed by atoms with E-state index in [1.807, 2.05) is 0 Å². The van der Waals surface area contributed by atoms with Crippen LogP contribution < -0.4 is 10.5 Å². The predicted octanol–water partition coefficient (Wildman–Crippen LogP) is 4.21. The van der Waals surface area contributed by atoms with Crippen LogP contribution in [-0.4, -0.2) is 10.1 Å². The van der Waals surface area contributed by atoms with Gasteiger partial charge in [0.05, 0.1) is 5.56 Å². The topological polar surface area (TPSA) is 68.4 Å². The summed E-state index contributed by atoms with van der Waals surface area (Å²) in [6.07, 6.45) is -4.40. The molecule has 1 aromatic heterocycles. The number of hydrogen-bond donors (Lipinski definition) is 2. The molecular weight excluding hydrogens is 321 g/mol. The Morgan fingerprint density at radius 1 is 1.00 bits per heavy atom. The number of ether oxygens (including phenoxy) is 1. The summed E-state index contributed by atoms with van der Waals surface area (Å²) < 4.78 is 43.4. The molecular formula is C17H13F3N2O2. The zero-order valence-corrected chi connectivity index (χ0v) is 12.3. The second-order valence-corrected chi connectivity index (χ2v) is 5.12. The minimum atomic E-state index is -4.40. The van der Waals surface area contributed by atoms with E-state index in [0.717, 1.165) is 17.7 Å². The maximum atomic E-state index is 12.6. The van der Waals surface area contributed by atoms with E-state index in [0.29, 0.717) is 16.7 Å². The van der Waals surface area contributed by atoms with Crippen molar-refractivity contribution in [3.63, 3.8) is 0 Å². The van der Waals surface area contributed by atoms with Crippen molar-refractivity contribution in [2.45, 2.75) is 12.7 Å². The molecule has 1 heterocycles. The van der Waals surface area contributed by atoms with Gasteiger partial charge in [-0.2, -0.15) is 13.2 Å². The fraction of sp³-hybridized carbons (Fsp3) is 0.118. The zero-order chi connectivity index (χ0) is 17.3. The van der Waals surface area contributed by atoms with E-state index in [2.05, 4.69) is 4.98 Å². The average Bonchev–Trinajstić information content (AvgIpc) is 2.55. The lowest BCUT2D eigenvalue weighted by atomic mass is 10.1. The van der Waals surface area contributed by atoms with E-state index in [1.54, 1.807) is 18.2 Å². The van der Waals surface area contributed by atoms with Crippen molar-refractivity contribution in [2.75, 3.05) is 0 Å². The molecule has 0 bridgehead atoms. The molecule has 0 aliphatic rings. The molecule has 3 N–H and O–H groups in total.